The summed E-state index contributed by atoms with van der Waals surface area (Å²) in [6.07, 6.45) is 3.75. The van der Waals surface area contributed by atoms with Gasteiger partial charge in [-0.2, -0.15) is 0 Å². The fourth-order valence-electron chi connectivity index (χ4n) is 2.80. The predicted molar refractivity (Wildman–Crippen MR) is 116 cm³/mol. The predicted octanol–water partition coefficient (Wildman–Crippen LogP) is 4.36. The van der Waals surface area contributed by atoms with E-state index >= 15 is 0 Å². The number of rotatable bonds is 7. The van der Waals surface area contributed by atoms with Crippen molar-refractivity contribution in [1.82, 2.24) is 19.7 Å². The molecule has 1 aromatic heterocycles. The Morgan fingerprint density at radius 3 is 2.61 bits per heavy atom. The number of hydrogen-bond donors (Lipinski definition) is 0. The summed E-state index contributed by atoms with van der Waals surface area (Å²) in [5.74, 6) is 0.387. The van der Waals surface area contributed by atoms with E-state index in [-0.39, 0.29) is 5.91 Å². The van der Waals surface area contributed by atoms with Crippen LogP contribution in [0.25, 0.3) is 5.69 Å². The van der Waals surface area contributed by atoms with Crippen LogP contribution in [-0.2, 0) is 11.3 Å². The fourth-order valence-corrected chi connectivity index (χ4v) is 4.07. The van der Waals surface area contributed by atoms with Gasteiger partial charge in [-0.25, -0.2) is 0 Å². The highest BCUT2D eigenvalue weighted by Crippen LogP contribution is 2.23. The molecule has 0 N–H and O–H groups in total. The third-order valence-corrected chi connectivity index (χ3v) is 6.14. The molecule has 1 amide bonds. The molecule has 28 heavy (non-hydrogen) atoms. The molecule has 5 nitrogen and oxygen atoms in total. The molecule has 0 saturated heterocycles. The summed E-state index contributed by atoms with van der Waals surface area (Å²) < 4.78 is 1.95. The highest BCUT2D eigenvalue weighted by molar-refractivity contribution is 7.99. The number of aromatic nitrogens is 3. The van der Waals surface area contributed by atoms with Crippen LogP contribution in [0.3, 0.4) is 0 Å². The molecule has 0 aliphatic rings. The first-order chi connectivity index (χ1) is 13.5. The molecule has 0 aliphatic carbocycles. The molecule has 0 fully saturated rings. The van der Waals surface area contributed by atoms with Crippen LogP contribution in [0.2, 0.25) is 0 Å². The number of carbonyl (C=O) groups is 1. The van der Waals surface area contributed by atoms with E-state index < -0.39 is 0 Å². The number of aryl methyl sites for hydroxylation is 2. The first kappa shape index (κ1) is 20.5. The summed E-state index contributed by atoms with van der Waals surface area (Å²) in [6.45, 7) is 4.71. The van der Waals surface area contributed by atoms with Crippen LogP contribution >= 0.6 is 23.5 Å². The SMILES string of the molecule is CSc1ccc(CN(C)C(=O)CSc2nncn2-c2cc(C)ccc2C)cc1. The molecule has 0 unspecified atom stereocenters. The van der Waals surface area contributed by atoms with Gasteiger partial charge in [0.15, 0.2) is 5.16 Å². The average molecular weight is 413 g/mol. The van der Waals surface area contributed by atoms with E-state index in [1.807, 2.05) is 11.6 Å². The molecule has 0 atom stereocenters. The van der Waals surface area contributed by atoms with Gasteiger partial charge in [0.1, 0.15) is 6.33 Å². The lowest BCUT2D eigenvalue weighted by Gasteiger charge is -2.17. The normalized spacial score (nSPS) is 10.9. The molecule has 3 rings (SSSR count). The smallest absolute Gasteiger partial charge is 0.233 e. The van der Waals surface area contributed by atoms with Gasteiger partial charge in [0.05, 0.1) is 11.4 Å². The minimum atomic E-state index is 0.0643. The minimum absolute atomic E-state index is 0.0643. The van der Waals surface area contributed by atoms with E-state index in [9.17, 15) is 4.79 Å². The largest absolute Gasteiger partial charge is 0.341 e. The molecule has 0 radical (unpaired) electrons. The van der Waals surface area contributed by atoms with E-state index in [1.165, 1.54) is 22.2 Å². The van der Waals surface area contributed by atoms with Crippen molar-refractivity contribution < 1.29 is 4.79 Å². The molecule has 0 aliphatic heterocycles. The summed E-state index contributed by atoms with van der Waals surface area (Å²) in [5, 5.41) is 8.96. The minimum Gasteiger partial charge on any atom is -0.341 e. The van der Waals surface area contributed by atoms with E-state index in [2.05, 4.69) is 72.8 Å². The maximum absolute atomic E-state index is 12.6. The van der Waals surface area contributed by atoms with E-state index in [4.69, 9.17) is 0 Å². The van der Waals surface area contributed by atoms with Crippen LogP contribution in [0, 0.1) is 13.8 Å². The zero-order valence-electron chi connectivity index (χ0n) is 16.5. The fraction of sp³-hybridized carbons (Fsp3) is 0.286. The van der Waals surface area contributed by atoms with E-state index in [1.54, 1.807) is 23.0 Å². The van der Waals surface area contributed by atoms with Crippen molar-refractivity contribution in [2.75, 3.05) is 19.1 Å². The van der Waals surface area contributed by atoms with Crippen LogP contribution in [-0.4, -0.2) is 44.6 Å². The lowest BCUT2D eigenvalue weighted by Crippen LogP contribution is -2.27. The number of amides is 1. The third kappa shape index (κ3) is 4.97. The highest BCUT2D eigenvalue weighted by Gasteiger charge is 2.14. The molecule has 0 bridgehead atoms. The van der Waals surface area contributed by atoms with Crippen molar-refractivity contribution in [2.45, 2.75) is 30.4 Å². The van der Waals surface area contributed by atoms with Gasteiger partial charge in [0.2, 0.25) is 5.91 Å². The molecular formula is C21H24N4OS2. The second kappa shape index (κ2) is 9.30. The molecule has 7 heteroatoms. The van der Waals surface area contributed by atoms with Crippen LogP contribution in [0.5, 0.6) is 0 Å². The average Bonchev–Trinajstić information content (AvgIpc) is 3.16. The maximum Gasteiger partial charge on any atom is 0.233 e. The second-order valence-corrected chi connectivity index (χ2v) is 8.48. The second-order valence-electron chi connectivity index (χ2n) is 6.66. The maximum atomic E-state index is 12.6. The van der Waals surface area contributed by atoms with Gasteiger partial charge in [-0.3, -0.25) is 9.36 Å². The highest BCUT2D eigenvalue weighted by atomic mass is 32.2. The van der Waals surface area contributed by atoms with E-state index in [0.717, 1.165) is 22.0 Å². The van der Waals surface area contributed by atoms with Gasteiger partial charge >= 0.3 is 0 Å². The summed E-state index contributed by atoms with van der Waals surface area (Å²) >= 11 is 3.12. The van der Waals surface area contributed by atoms with Gasteiger partial charge in [0.25, 0.3) is 0 Å². The van der Waals surface area contributed by atoms with Crippen LogP contribution in [0.1, 0.15) is 16.7 Å². The van der Waals surface area contributed by atoms with Crippen LogP contribution in [0.4, 0.5) is 0 Å². The van der Waals surface area contributed by atoms with Crippen molar-refractivity contribution in [3.63, 3.8) is 0 Å². The Balaban J connectivity index is 1.63. The first-order valence-corrected chi connectivity index (χ1v) is 11.2. The topological polar surface area (TPSA) is 51.0 Å². The molecular weight excluding hydrogens is 388 g/mol. The van der Waals surface area contributed by atoms with Crippen molar-refractivity contribution >= 4 is 29.4 Å². The van der Waals surface area contributed by atoms with Gasteiger partial charge in [-0.1, -0.05) is 36.0 Å². The molecule has 146 valence electrons. The zero-order valence-corrected chi connectivity index (χ0v) is 18.2. The molecule has 0 spiro atoms. The third-order valence-electron chi connectivity index (χ3n) is 4.47. The van der Waals surface area contributed by atoms with Crippen molar-refractivity contribution in [1.29, 1.82) is 0 Å². The first-order valence-electron chi connectivity index (χ1n) is 8.95. The van der Waals surface area contributed by atoms with Crippen molar-refractivity contribution in [2.24, 2.45) is 0 Å². The molecule has 2 aromatic carbocycles. The summed E-state index contributed by atoms with van der Waals surface area (Å²) in [7, 11) is 1.83. The number of benzene rings is 2. The number of nitrogens with zero attached hydrogens (tertiary/aromatic N) is 4. The molecule has 3 aromatic rings. The van der Waals surface area contributed by atoms with E-state index in [0.29, 0.717) is 12.3 Å². The van der Waals surface area contributed by atoms with Gasteiger partial charge in [-0.15, -0.1) is 22.0 Å². The van der Waals surface area contributed by atoms with Crippen LogP contribution < -0.4 is 0 Å². The molecule has 0 saturated carbocycles. The lowest BCUT2D eigenvalue weighted by atomic mass is 10.1. The van der Waals surface area contributed by atoms with Gasteiger partial charge in [-0.05, 0) is 55.0 Å². The number of hydrogen-bond acceptors (Lipinski definition) is 5. The Kier molecular flexibility index (Phi) is 6.80. The zero-order chi connectivity index (χ0) is 20.1. The Hall–Kier alpha value is -2.25. The summed E-state index contributed by atoms with van der Waals surface area (Å²) in [4.78, 5) is 15.5. The monoisotopic (exact) mass is 412 g/mol. The summed E-state index contributed by atoms with van der Waals surface area (Å²) in [6, 6.07) is 14.6. The number of carbonyl (C=O) groups excluding carboxylic acids is 1. The quantitative estimate of drug-likeness (QED) is 0.540. The van der Waals surface area contributed by atoms with Crippen molar-refractivity contribution in [3.8, 4) is 5.69 Å². The summed E-state index contributed by atoms with van der Waals surface area (Å²) in [5.41, 5.74) is 4.48. The Morgan fingerprint density at radius 1 is 1.14 bits per heavy atom. The number of thioether (sulfide) groups is 2. The van der Waals surface area contributed by atoms with Crippen LogP contribution in [0.15, 0.2) is 58.8 Å². The van der Waals surface area contributed by atoms with Gasteiger partial charge < -0.3 is 4.90 Å². The molecule has 1 heterocycles. The Labute approximate surface area is 174 Å². The standard InChI is InChI=1S/C21H24N4OS2/c1-15-5-6-16(2)19(11-15)25-14-22-23-21(25)28-13-20(26)24(3)12-17-7-9-18(27-4)10-8-17/h5-11,14H,12-13H2,1-4H3. The lowest BCUT2D eigenvalue weighted by molar-refractivity contribution is -0.127. The Morgan fingerprint density at radius 2 is 1.89 bits per heavy atom. The van der Waals surface area contributed by atoms with Crippen molar-refractivity contribution in [3.05, 3.63) is 65.5 Å². The van der Waals surface area contributed by atoms with Gasteiger partial charge in [0, 0.05) is 18.5 Å². The Bertz CT molecular complexity index is 953.